The Kier molecular flexibility index (Phi) is 50.9. The molecule has 422 valence electrons. The van der Waals surface area contributed by atoms with Crippen molar-refractivity contribution in [1.29, 1.82) is 0 Å². The SMILES string of the molecule is CCCCC/C=C\C/C=C\C/C=C\CCCCCCCCCCC(=O)NC(COP(=O)([O-])OCC[N+](C)(C)C)C(/C=C\CCCCCCCCCCCC)OC(=O)CCCCCCCCCCCCCCC. The van der Waals surface area contributed by atoms with Crippen molar-refractivity contribution in [3.05, 3.63) is 48.6 Å². The molecular weight excluding hydrogens is 916 g/mol. The van der Waals surface area contributed by atoms with Gasteiger partial charge in [-0.15, -0.1) is 0 Å². The number of nitrogens with one attached hydrogen (secondary N) is 1. The maximum Gasteiger partial charge on any atom is 0.306 e. The second-order valence-corrected chi connectivity index (χ2v) is 23.3. The van der Waals surface area contributed by atoms with E-state index in [1.54, 1.807) is 0 Å². The van der Waals surface area contributed by atoms with E-state index >= 15 is 0 Å². The van der Waals surface area contributed by atoms with Crippen molar-refractivity contribution >= 4 is 19.7 Å². The van der Waals surface area contributed by atoms with E-state index in [2.05, 4.69) is 62.5 Å². The molecule has 0 spiro atoms. The normalized spacial score (nSPS) is 14.0. The number of amides is 1. The predicted molar refractivity (Wildman–Crippen MR) is 307 cm³/mol. The fourth-order valence-corrected chi connectivity index (χ4v) is 9.49. The summed E-state index contributed by atoms with van der Waals surface area (Å²) >= 11 is 0. The fraction of sp³-hybridized carbons (Fsp3) is 0.839. The number of rotatable bonds is 55. The van der Waals surface area contributed by atoms with Gasteiger partial charge in [-0.3, -0.25) is 14.2 Å². The molecule has 3 unspecified atom stereocenters. The maximum atomic E-state index is 13.5. The molecule has 1 N–H and O–H groups in total. The summed E-state index contributed by atoms with van der Waals surface area (Å²) in [5.41, 5.74) is 0. The van der Waals surface area contributed by atoms with E-state index in [-0.39, 0.29) is 31.5 Å². The molecule has 0 aliphatic heterocycles. The summed E-state index contributed by atoms with van der Waals surface area (Å²) in [5.74, 6) is -0.541. The van der Waals surface area contributed by atoms with Gasteiger partial charge in [0.05, 0.1) is 33.8 Å². The van der Waals surface area contributed by atoms with Crippen molar-refractivity contribution < 1.29 is 37.3 Å². The number of hydrogen-bond donors (Lipinski definition) is 1. The highest BCUT2D eigenvalue weighted by Gasteiger charge is 2.27. The first-order valence-corrected chi connectivity index (χ1v) is 31.9. The van der Waals surface area contributed by atoms with E-state index in [0.29, 0.717) is 17.4 Å². The molecule has 0 rings (SSSR count). The van der Waals surface area contributed by atoms with Crippen LogP contribution in [0, 0.1) is 0 Å². The van der Waals surface area contributed by atoms with E-state index in [4.69, 9.17) is 13.8 Å². The average Bonchev–Trinajstić information content (AvgIpc) is 3.34. The van der Waals surface area contributed by atoms with Gasteiger partial charge in [-0.1, -0.05) is 250 Å². The van der Waals surface area contributed by atoms with Gasteiger partial charge in [-0.05, 0) is 70.3 Å². The van der Waals surface area contributed by atoms with Crippen LogP contribution in [0.3, 0.4) is 0 Å². The summed E-state index contributed by atoms with van der Waals surface area (Å²) in [6.45, 7) is 6.82. The molecule has 0 heterocycles. The molecule has 0 fully saturated rings. The monoisotopic (exact) mass is 1030 g/mol. The lowest BCUT2D eigenvalue weighted by Crippen LogP contribution is -2.47. The van der Waals surface area contributed by atoms with Crippen LogP contribution in [0.5, 0.6) is 0 Å². The number of hydrogen-bond acceptors (Lipinski definition) is 7. The first kappa shape index (κ1) is 70.0. The first-order valence-electron chi connectivity index (χ1n) is 30.4. The zero-order valence-corrected chi connectivity index (χ0v) is 49.0. The second-order valence-electron chi connectivity index (χ2n) is 21.9. The molecule has 3 atom stereocenters. The van der Waals surface area contributed by atoms with Crippen molar-refractivity contribution in [2.75, 3.05) is 40.9 Å². The third kappa shape index (κ3) is 52.8. The van der Waals surface area contributed by atoms with Gasteiger partial charge in [0.15, 0.2) is 0 Å². The molecule has 9 nitrogen and oxygen atoms in total. The van der Waals surface area contributed by atoms with Crippen LogP contribution >= 0.6 is 7.82 Å². The number of ether oxygens (including phenoxy) is 1. The molecule has 1 amide bonds. The number of likely N-dealkylation sites (N-methyl/N-ethyl adjacent to an activating group) is 1. The Balaban J connectivity index is 5.24. The van der Waals surface area contributed by atoms with Crippen LogP contribution in [-0.4, -0.2) is 69.4 Å². The number of unbranched alkanes of at least 4 members (excludes halogenated alkanes) is 33. The molecule has 0 bridgehead atoms. The van der Waals surface area contributed by atoms with E-state index in [9.17, 15) is 19.0 Å². The van der Waals surface area contributed by atoms with E-state index in [1.807, 2.05) is 33.3 Å². The number of phosphoric ester groups is 1. The van der Waals surface area contributed by atoms with Crippen molar-refractivity contribution in [1.82, 2.24) is 5.32 Å². The zero-order chi connectivity index (χ0) is 52.9. The number of carbonyl (C=O) groups is 2. The second kappa shape index (κ2) is 52.4. The molecule has 0 aromatic heterocycles. The van der Waals surface area contributed by atoms with E-state index in [1.165, 1.54) is 167 Å². The Hall–Kier alpha value is -2.03. The fourth-order valence-electron chi connectivity index (χ4n) is 8.76. The van der Waals surface area contributed by atoms with Gasteiger partial charge in [0, 0.05) is 12.8 Å². The summed E-state index contributed by atoms with van der Waals surface area (Å²) in [7, 11) is 1.18. The Labute approximate surface area is 446 Å². The molecule has 0 radical (unpaired) electrons. The van der Waals surface area contributed by atoms with Crippen molar-refractivity contribution in [3.8, 4) is 0 Å². The Bertz CT molecular complexity index is 1380. The highest BCUT2D eigenvalue weighted by atomic mass is 31.2. The van der Waals surface area contributed by atoms with Crippen LogP contribution in [0.4, 0.5) is 0 Å². The van der Waals surface area contributed by atoms with Gasteiger partial charge < -0.3 is 28.5 Å². The van der Waals surface area contributed by atoms with Crippen molar-refractivity contribution in [2.45, 2.75) is 296 Å². The molecule has 0 saturated carbocycles. The topological polar surface area (TPSA) is 114 Å². The summed E-state index contributed by atoms with van der Waals surface area (Å²) in [6, 6.07) is -0.889. The number of nitrogens with zero attached hydrogens (tertiary/aromatic N) is 1. The number of allylic oxidation sites excluding steroid dienone is 7. The van der Waals surface area contributed by atoms with E-state index < -0.39 is 20.0 Å². The molecule has 0 aromatic rings. The van der Waals surface area contributed by atoms with Crippen LogP contribution in [-0.2, 0) is 27.9 Å². The molecular formula is C62H117N2O7P. The van der Waals surface area contributed by atoms with Crippen molar-refractivity contribution in [3.63, 3.8) is 0 Å². The summed E-state index contributed by atoms with van der Waals surface area (Å²) in [5, 5.41) is 3.03. The predicted octanol–water partition coefficient (Wildman–Crippen LogP) is 17.9. The Morgan fingerprint density at radius 1 is 0.486 bits per heavy atom. The quantitative estimate of drug-likeness (QED) is 0.0212. The lowest BCUT2D eigenvalue weighted by atomic mass is 10.0. The molecule has 10 heteroatoms. The van der Waals surface area contributed by atoms with Crippen LogP contribution in [0.15, 0.2) is 48.6 Å². The van der Waals surface area contributed by atoms with E-state index in [0.717, 1.165) is 83.5 Å². The number of quaternary nitrogens is 1. The van der Waals surface area contributed by atoms with Crippen molar-refractivity contribution in [2.24, 2.45) is 0 Å². The highest BCUT2D eigenvalue weighted by Crippen LogP contribution is 2.38. The minimum absolute atomic E-state index is 0.0229. The Morgan fingerprint density at radius 2 is 0.847 bits per heavy atom. The van der Waals surface area contributed by atoms with Gasteiger partial charge >= 0.3 is 5.97 Å². The lowest BCUT2D eigenvalue weighted by molar-refractivity contribution is -0.870. The van der Waals surface area contributed by atoms with Crippen LogP contribution in [0.1, 0.15) is 284 Å². The van der Waals surface area contributed by atoms with Gasteiger partial charge in [-0.2, -0.15) is 0 Å². The third-order valence-electron chi connectivity index (χ3n) is 13.5. The minimum Gasteiger partial charge on any atom is -0.756 e. The molecule has 72 heavy (non-hydrogen) atoms. The number of esters is 1. The summed E-state index contributed by atoms with van der Waals surface area (Å²) in [4.78, 5) is 39.9. The highest BCUT2D eigenvalue weighted by molar-refractivity contribution is 7.45. The van der Waals surface area contributed by atoms with Gasteiger partial charge in [0.25, 0.3) is 7.82 Å². The molecule has 0 saturated heterocycles. The standard InChI is InChI=1S/C62H117N2O7P/c1-7-10-13-16-19-22-25-28-29-30-31-32-33-34-35-37-39-42-45-48-51-54-61(65)63-59(58-70-72(67,68)69-57-56-64(4,5)6)60(53-50-47-44-41-38-27-24-21-18-15-12-9-3)71-62(66)55-52-49-46-43-40-36-26-23-20-17-14-11-8-2/h19,22,28-29,31-32,50,53,59-60H,7-18,20-21,23-27,30,33-49,51-52,54-58H2,1-6H3,(H-,63,65,67,68)/b22-19-,29-28-,32-31-,53-50-. The molecule has 0 aliphatic rings. The van der Waals surface area contributed by atoms with Crippen LogP contribution in [0.2, 0.25) is 0 Å². The largest absolute Gasteiger partial charge is 0.756 e. The third-order valence-corrected chi connectivity index (χ3v) is 14.5. The number of phosphoric acid groups is 1. The average molecular weight is 1030 g/mol. The van der Waals surface area contributed by atoms with Crippen LogP contribution < -0.4 is 10.2 Å². The minimum atomic E-state index is -4.69. The Morgan fingerprint density at radius 3 is 1.29 bits per heavy atom. The first-order chi connectivity index (χ1) is 34.9. The number of carbonyl (C=O) groups excluding carboxylic acids is 2. The zero-order valence-electron chi connectivity index (χ0n) is 48.1. The summed E-state index contributed by atoms with van der Waals surface area (Å²) in [6.07, 6.45) is 63.5. The molecule has 0 aliphatic carbocycles. The lowest BCUT2D eigenvalue weighted by Gasteiger charge is -2.30. The summed E-state index contributed by atoms with van der Waals surface area (Å²) < 4.78 is 30.3. The molecule has 0 aromatic carbocycles. The smallest absolute Gasteiger partial charge is 0.306 e. The van der Waals surface area contributed by atoms with Gasteiger partial charge in [0.2, 0.25) is 5.91 Å². The van der Waals surface area contributed by atoms with Gasteiger partial charge in [-0.25, -0.2) is 0 Å². The van der Waals surface area contributed by atoms with Crippen LogP contribution in [0.25, 0.3) is 0 Å². The van der Waals surface area contributed by atoms with Gasteiger partial charge in [0.1, 0.15) is 19.3 Å². The maximum absolute atomic E-state index is 13.5.